The largest absolute Gasteiger partial charge is 0.462 e. The summed E-state index contributed by atoms with van der Waals surface area (Å²) < 4.78 is 58.6. The zero-order valence-corrected chi connectivity index (χ0v) is 20.8. The van der Waals surface area contributed by atoms with Gasteiger partial charge in [-0.2, -0.15) is 5.26 Å². The minimum Gasteiger partial charge on any atom is -0.462 e. The number of esters is 1. The number of amides is 1. The predicted octanol–water partition coefficient (Wildman–Crippen LogP) is 3.25. The molecule has 2 aromatic rings. The fourth-order valence-electron chi connectivity index (χ4n) is 3.82. The number of hydrogen-bond acceptors (Lipinski definition) is 8. The van der Waals surface area contributed by atoms with Gasteiger partial charge in [-0.15, -0.1) is 0 Å². The van der Waals surface area contributed by atoms with Crippen molar-refractivity contribution in [2.45, 2.75) is 32.2 Å². The Labute approximate surface area is 212 Å². The molecule has 0 saturated carbocycles. The number of nitriles is 1. The molecule has 1 fully saturated rings. The van der Waals surface area contributed by atoms with Gasteiger partial charge in [-0.3, -0.25) is 9.52 Å². The van der Waals surface area contributed by atoms with E-state index in [1.165, 1.54) is 12.1 Å². The Morgan fingerprint density at radius 2 is 2.00 bits per heavy atom. The number of benzene rings is 1. The smallest absolute Gasteiger partial charge is 0.340 e. The van der Waals surface area contributed by atoms with Crippen LogP contribution in [0.3, 0.4) is 0 Å². The van der Waals surface area contributed by atoms with E-state index in [2.05, 4.69) is 4.98 Å². The fraction of sp³-hybridized carbons (Fsp3) is 0.391. The first-order valence-electron chi connectivity index (χ1n) is 11.0. The van der Waals surface area contributed by atoms with Crippen molar-refractivity contribution in [3.63, 3.8) is 0 Å². The van der Waals surface area contributed by atoms with Crippen LogP contribution in [0.15, 0.2) is 24.3 Å². The van der Waals surface area contributed by atoms with E-state index in [-0.39, 0.29) is 65.8 Å². The first-order chi connectivity index (χ1) is 17.1. The molecule has 0 radical (unpaired) electrons. The highest BCUT2D eigenvalue weighted by Crippen LogP contribution is 2.28. The standard InChI is InChI=1S/C23H23ClF2N4O5S/c1-2-35-23(32)18-9-16(12-27)21(28-20(18)11-25)30-7-5-14(6-8-30)22(31)29-36(33,34)13-15-3-4-17(26)10-19(15)24/h3-4,9-10,14H,2,5-8,11,13H2,1H3,(H,29,31). The molecular formula is C23H23ClF2N4O5S. The Hall–Kier alpha value is -3.30. The molecule has 36 heavy (non-hydrogen) atoms. The molecule has 0 spiro atoms. The number of hydrogen-bond donors (Lipinski definition) is 1. The van der Waals surface area contributed by atoms with Gasteiger partial charge in [-0.25, -0.2) is 27.0 Å². The summed E-state index contributed by atoms with van der Waals surface area (Å²) >= 11 is 5.88. The fourth-order valence-corrected chi connectivity index (χ4v) is 5.34. The highest BCUT2D eigenvalue weighted by Gasteiger charge is 2.30. The maximum atomic E-state index is 13.6. The molecule has 1 aliphatic rings. The Balaban J connectivity index is 1.68. The predicted molar refractivity (Wildman–Crippen MR) is 127 cm³/mol. The second-order valence-electron chi connectivity index (χ2n) is 8.04. The topological polar surface area (TPSA) is 129 Å². The van der Waals surface area contributed by atoms with Crippen LogP contribution in [0.25, 0.3) is 0 Å². The molecule has 0 bridgehead atoms. The third-order valence-corrected chi connectivity index (χ3v) is 7.16. The number of sulfonamides is 1. The quantitative estimate of drug-likeness (QED) is 0.505. The Bertz CT molecular complexity index is 1310. The molecule has 0 aliphatic carbocycles. The van der Waals surface area contributed by atoms with Crippen molar-refractivity contribution in [1.29, 1.82) is 5.26 Å². The SMILES string of the molecule is CCOC(=O)c1cc(C#N)c(N2CCC(C(=O)NS(=O)(=O)Cc3ccc(F)cc3Cl)CC2)nc1CF. The van der Waals surface area contributed by atoms with Gasteiger partial charge in [0.1, 0.15) is 24.4 Å². The van der Waals surface area contributed by atoms with Gasteiger partial charge in [-0.1, -0.05) is 17.7 Å². The summed E-state index contributed by atoms with van der Waals surface area (Å²) in [7, 11) is -4.08. The number of alkyl halides is 1. The minimum absolute atomic E-state index is 0.0527. The lowest BCUT2D eigenvalue weighted by Crippen LogP contribution is -2.43. The Kier molecular flexibility index (Phi) is 8.81. The third-order valence-electron chi connectivity index (χ3n) is 5.61. The molecule has 192 valence electrons. The van der Waals surface area contributed by atoms with Crippen molar-refractivity contribution in [2.75, 3.05) is 24.6 Å². The van der Waals surface area contributed by atoms with Crippen molar-refractivity contribution in [3.8, 4) is 6.07 Å². The van der Waals surface area contributed by atoms with Crippen LogP contribution in [0.5, 0.6) is 0 Å². The maximum absolute atomic E-state index is 13.6. The highest BCUT2D eigenvalue weighted by atomic mass is 35.5. The van der Waals surface area contributed by atoms with Crippen molar-refractivity contribution in [1.82, 2.24) is 9.71 Å². The number of halogens is 3. The molecule has 1 amide bonds. The molecular weight excluding hydrogens is 518 g/mol. The van der Waals surface area contributed by atoms with E-state index >= 15 is 0 Å². The van der Waals surface area contributed by atoms with Gasteiger partial charge in [0.2, 0.25) is 15.9 Å². The molecule has 1 N–H and O–H groups in total. The van der Waals surface area contributed by atoms with Gasteiger partial charge in [-0.05, 0) is 43.5 Å². The average molecular weight is 541 g/mol. The Morgan fingerprint density at radius 1 is 1.31 bits per heavy atom. The summed E-state index contributed by atoms with van der Waals surface area (Å²) in [6, 6.07) is 6.48. The number of pyridine rings is 1. The molecule has 1 aromatic carbocycles. The number of anilines is 1. The monoisotopic (exact) mass is 540 g/mol. The summed E-state index contributed by atoms with van der Waals surface area (Å²) in [5.41, 5.74) is -0.0802. The molecule has 0 atom stereocenters. The first-order valence-corrected chi connectivity index (χ1v) is 13.0. The third kappa shape index (κ3) is 6.47. The first kappa shape index (κ1) is 27.3. The number of carbonyl (C=O) groups is 2. The molecule has 2 heterocycles. The lowest BCUT2D eigenvalue weighted by atomic mass is 9.96. The van der Waals surface area contributed by atoms with E-state index in [1.54, 1.807) is 11.8 Å². The van der Waals surface area contributed by atoms with Crippen molar-refractivity contribution in [3.05, 3.63) is 57.5 Å². The van der Waals surface area contributed by atoms with Crippen LogP contribution in [0.4, 0.5) is 14.6 Å². The van der Waals surface area contributed by atoms with Crippen molar-refractivity contribution >= 4 is 39.3 Å². The van der Waals surface area contributed by atoms with Gasteiger partial charge >= 0.3 is 5.97 Å². The van der Waals surface area contributed by atoms with E-state index in [0.29, 0.717) is 0 Å². The minimum atomic E-state index is -4.08. The number of rotatable bonds is 8. The van der Waals surface area contributed by atoms with Crippen molar-refractivity contribution < 1.29 is 31.5 Å². The lowest BCUT2D eigenvalue weighted by Gasteiger charge is -2.32. The highest BCUT2D eigenvalue weighted by molar-refractivity contribution is 7.89. The van der Waals surface area contributed by atoms with Gasteiger partial charge < -0.3 is 9.64 Å². The number of aromatic nitrogens is 1. The number of nitrogens with zero attached hydrogens (tertiary/aromatic N) is 3. The van der Waals surface area contributed by atoms with Crippen LogP contribution >= 0.6 is 11.6 Å². The zero-order chi connectivity index (χ0) is 26.5. The molecule has 0 unspecified atom stereocenters. The second-order valence-corrected chi connectivity index (χ2v) is 10.2. The van der Waals surface area contributed by atoms with Gasteiger partial charge in [0, 0.05) is 24.0 Å². The lowest BCUT2D eigenvalue weighted by molar-refractivity contribution is -0.123. The summed E-state index contributed by atoms with van der Waals surface area (Å²) in [5, 5.41) is 9.48. The summed E-state index contributed by atoms with van der Waals surface area (Å²) in [6.07, 6.45) is 0.492. The zero-order valence-electron chi connectivity index (χ0n) is 19.3. The van der Waals surface area contributed by atoms with Crippen LogP contribution in [-0.2, 0) is 32.0 Å². The van der Waals surface area contributed by atoms with E-state index in [0.717, 1.165) is 12.1 Å². The van der Waals surface area contributed by atoms with Gasteiger partial charge in [0.15, 0.2) is 0 Å². The van der Waals surface area contributed by atoms with Crippen molar-refractivity contribution in [2.24, 2.45) is 5.92 Å². The van der Waals surface area contributed by atoms with Crippen LogP contribution in [0.1, 0.15) is 46.9 Å². The second kappa shape index (κ2) is 11.6. The molecule has 1 saturated heterocycles. The van der Waals surface area contributed by atoms with Crippen LogP contribution in [-0.4, -0.2) is 45.0 Å². The number of carbonyl (C=O) groups excluding carboxylic acids is 2. The number of nitrogens with one attached hydrogen (secondary N) is 1. The summed E-state index contributed by atoms with van der Waals surface area (Å²) in [5.74, 6) is -3.13. The Morgan fingerprint density at radius 3 is 2.58 bits per heavy atom. The number of piperidine rings is 1. The molecule has 13 heteroatoms. The van der Waals surface area contributed by atoms with Crippen LogP contribution < -0.4 is 9.62 Å². The normalized spacial score (nSPS) is 14.2. The van der Waals surface area contributed by atoms with Gasteiger partial charge in [0.25, 0.3) is 0 Å². The summed E-state index contributed by atoms with van der Waals surface area (Å²) in [4.78, 5) is 30.6. The molecule has 1 aliphatic heterocycles. The average Bonchev–Trinajstić information content (AvgIpc) is 2.84. The molecule has 9 nitrogen and oxygen atoms in total. The molecule has 1 aromatic heterocycles. The number of ether oxygens (including phenoxy) is 1. The van der Waals surface area contributed by atoms with Gasteiger partial charge in [0.05, 0.1) is 29.2 Å². The van der Waals surface area contributed by atoms with E-state index in [1.807, 2.05) is 10.8 Å². The van der Waals surface area contributed by atoms with Crippen LogP contribution in [0.2, 0.25) is 5.02 Å². The van der Waals surface area contributed by atoms with E-state index in [4.69, 9.17) is 16.3 Å². The van der Waals surface area contributed by atoms with E-state index in [9.17, 15) is 32.0 Å². The van der Waals surface area contributed by atoms with E-state index < -0.39 is 46.1 Å². The van der Waals surface area contributed by atoms with Crippen LogP contribution in [0, 0.1) is 23.1 Å². The summed E-state index contributed by atoms with van der Waals surface area (Å²) in [6.45, 7) is 1.13. The maximum Gasteiger partial charge on any atom is 0.340 e. The molecule has 3 rings (SSSR count).